The van der Waals surface area contributed by atoms with Crippen LogP contribution < -0.4 is 10.5 Å². The number of hydrogen-bond donors (Lipinski definition) is 1. The number of para-hydroxylation sites is 1. The highest BCUT2D eigenvalue weighted by Crippen LogP contribution is 2.31. The van der Waals surface area contributed by atoms with Gasteiger partial charge in [0.05, 0.1) is 18.6 Å². The Balaban J connectivity index is 1.78. The maximum Gasteiger partial charge on any atom is 0.243 e. The molecule has 3 rings (SSSR count). The second kappa shape index (κ2) is 5.25. The van der Waals surface area contributed by atoms with Crippen LogP contribution in [-0.4, -0.2) is 16.7 Å². The molecule has 1 aromatic heterocycles. The molecule has 20 heavy (non-hydrogen) atoms. The Morgan fingerprint density at radius 1 is 1.30 bits per heavy atom. The molecule has 0 bridgehead atoms. The van der Waals surface area contributed by atoms with Crippen molar-refractivity contribution < 1.29 is 9.26 Å². The van der Waals surface area contributed by atoms with Gasteiger partial charge in [0.1, 0.15) is 5.75 Å². The molecule has 1 aliphatic rings. The zero-order valence-corrected chi connectivity index (χ0v) is 11.7. The van der Waals surface area contributed by atoms with Crippen LogP contribution in [0.15, 0.2) is 28.8 Å². The first-order valence-corrected chi connectivity index (χ1v) is 6.95. The van der Waals surface area contributed by atoms with Crippen LogP contribution >= 0.6 is 0 Å². The normalized spacial score (nSPS) is 19.5. The van der Waals surface area contributed by atoms with Gasteiger partial charge in [0.15, 0.2) is 5.82 Å². The van der Waals surface area contributed by atoms with Crippen LogP contribution in [0.1, 0.15) is 43.1 Å². The van der Waals surface area contributed by atoms with Gasteiger partial charge in [0.2, 0.25) is 5.89 Å². The van der Waals surface area contributed by atoms with Crippen molar-refractivity contribution in [3.05, 3.63) is 41.5 Å². The van der Waals surface area contributed by atoms with Gasteiger partial charge in [0.25, 0.3) is 0 Å². The van der Waals surface area contributed by atoms with E-state index < -0.39 is 0 Å². The Morgan fingerprint density at radius 3 is 2.90 bits per heavy atom. The van der Waals surface area contributed by atoms with Gasteiger partial charge in [-0.05, 0) is 24.0 Å². The summed E-state index contributed by atoms with van der Waals surface area (Å²) >= 11 is 0. The Hall–Kier alpha value is -1.88. The number of ether oxygens (including phenoxy) is 1. The van der Waals surface area contributed by atoms with Gasteiger partial charge in [-0.25, -0.2) is 0 Å². The van der Waals surface area contributed by atoms with E-state index >= 15 is 0 Å². The van der Waals surface area contributed by atoms with Crippen LogP contribution in [0.5, 0.6) is 5.75 Å². The highest BCUT2D eigenvalue weighted by molar-refractivity contribution is 5.36. The van der Waals surface area contributed by atoms with Crippen molar-refractivity contribution in [1.82, 2.24) is 10.1 Å². The van der Waals surface area contributed by atoms with E-state index in [0.717, 1.165) is 12.2 Å². The lowest BCUT2D eigenvalue weighted by molar-refractivity contribution is 0.253. The number of hydrogen-bond acceptors (Lipinski definition) is 5. The van der Waals surface area contributed by atoms with E-state index in [2.05, 4.69) is 16.2 Å². The molecule has 2 N–H and O–H groups in total. The van der Waals surface area contributed by atoms with Crippen LogP contribution in [0.4, 0.5) is 0 Å². The van der Waals surface area contributed by atoms with Crippen molar-refractivity contribution in [2.24, 2.45) is 11.7 Å². The van der Waals surface area contributed by atoms with Gasteiger partial charge in [-0.3, -0.25) is 0 Å². The summed E-state index contributed by atoms with van der Waals surface area (Å²) in [6.07, 6.45) is 0.867. The molecule has 0 amide bonds. The molecule has 1 aromatic carbocycles. The molecule has 2 aromatic rings. The average Bonchev–Trinajstić information content (AvgIpc) is 2.95. The minimum atomic E-state index is -0.215. The standard InChI is InChI=1S/C15H19N3O2/c1-9(2)13(16)15-17-14(18-20-15)11-7-10-5-3-4-6-12(10)19-8-11/h3-6,9,11,13H,7-8,16H2,1-2H3/t11?,13-/m1/s1. The largest absolute Gasteiger partial charge is 0.493 e. The Morgan fingerprint density at radius 2 is 2.10 bits per heavy atom. The summed E-state index contributed by atoms with van der Waals surface area (Å²) in [5, 5.41) is 4.07. The van der Waals surface area contributed by atoms with E-state index in [0.29, 0.717) is 18.3 Å². The second-order valence-electron chi connectivity index (χ2n) is 5.58. The van der Waals surface area contributed by atoms with Crippen molar-refractivity contribution in [1.29, 1.82) is 0 Å². The zero-order valence-electron chi connectivity index (χ0n) is 11.7. The van der Waals surface area contributed by atoms with Crippen molar-refractivity contribution in [2.75, 3.05) is 6.61 Å². The van der Waals surface area contributed by atoms with Gasteiger partial charge in [-0.1, -0.05) is 37.2 Å². The van der Waals surface area contributed by atoms with Crippen LogP contribution in [-0.2, 0) is 6.42 Å². The molecule has 1 aliphatic heterocycles. The van der Waals surface area contributed by atoms with Crippen molar-refractivity contribution in [2.45, 2.75) is 32.2 Å². The summed E-state index contributed by atoms with van der Waals surface area (Å²) in [7, 11) is 0. The molecule has 106 valence electrons. The molecular weight excluding hydrogens is 254 g/mol. The van der Waals surface area contributed by atoms with E-state index in [1.165, 1.54) is 5.56 Å². The molecule has 0 fully saturated rings. The molecular formula is C15H19N3O2. The molecule has 0 radical (unpaired) electrons. The maximum absolute atomic E-state index is 6.03. The van der Waals surface area contributed by atoms with Crippen molar-refractivity contribution >= 4 is 0 Å². The average molecular weight is 273 g/mol. The first kappa shape index (κ1) is 13.1. The fraction of sp³-hybridized carbons (Fsp3) is 0.467. The minimum Gasteiger partial charge on any atom is -0.493 e. The summed E-state index contributed by atoms with van der Waals surface area (Å²) in [6, 6.07) is 7.84. The second-order valence-corrected chi connectivity index (χ2v) is 5.58. The van der Waals surface area contributed by atoms with E-state index in [4.69, 9.17) is 15.0 Å². The third kappa shape index (κ3) is 2.41. The monoisotopic (exact) mass is 273 g/mol. The van der Waals surface area contributed by atoms with Gasteiger partial charge in [-0.2, -0.15) is 4.98 Å². The number of benzene rings is 1. The maximum atomic E-state index is 6.03. The summed E-state index contributed by atoms with van der Waals surface area (Å²) < 4.78 is 11.0. The van der Waals surface area contributed by atoms with Gasteiger partial charge >= 0.3 is 0 Å². The lowest BCUT2D eigenvalue weighted by atomic mass is 9.96. The predicted molar refractivity (Wildman–Crippen MR) is 74.4 cm³/mol. The van der Waals surface area contributed by atoms with Crippen molar-refractivity contribution in [3.8, 4) is 5.75 Å². The summed E-state index contributed by atoms with van der Waals surface area (Å²) in [5.41, 5.74) is 7.21. The van der Waals surface area contributed by atoms with E-state index in [1.54, 1.807) is 0 Å². The Kier molecular flexibility index (Phi) is 3.44. The summed E-state index contributed by atoms with van der Waals surface area (Å²) in [5.74, 6) is 2.54. The molecule has 1 unspecified atom stereocenters. The van der Waals surface area contributed by atoms with Gasteiger partial charge < -0.3 is 15.0 Å². The van der Waals surface area contributed by atoms with Crippen LogP contribution in [0, 0.1) is 5.92 Å². The quantitative estimate of drug-likeness (QED) is 0.929. The van der Waals surface area contributed by atoms with Gasteiger partial charge in [-0.15, -0.1) is 0 Å². The molecule has 2 heterocycles. The van der Waals surface area contributed by atoms with E-state index in [-0.39, 0.29) is 17.9 Å². The van der Waals surface area contributed by atoms with E-state index in [1.807, 2.05) is 32.0 Å². The van der Waals surface area contributed by atoms with Crippen LogP contribution in [0.2, 0.25) is 0 Å². The third-order valence-electron chi connectivity index (χ3n) is 3.70. The predicted octanol–water partition coefficient (Wildman–Crippen LogP) is 2.44. The molecule has 0 spiro atoms. The summed E-state index contributed by atoms with van der Waals surface area (Å²) in [6.45, 7) is 4.65. The third-order valence-corrected chi connectivity index (χ3v) is 3.70. The Bertz CT molecular complexity index is 594. The lowest BCUT2D eigenvalue weighted by Gasteiger charge is -2.22. The molecule has 0 aliphatic carbocycles. The first-order chi connectivity index (χ1) is 9.65. The molecule has 5 heteroatoms. The molecule has 0 saturated heterocycles. The number of fused-ring (bicyclic) bond motifs is 1. The number of nitrogens with two attached hydrogens (primary N) is 1. The SMILES string of the molecule is CC(C)[C@@H](N)c1nc(C2COc3ccccc3C2)no1. The molecule has 0 saturated carbocycles. The molecule has 5 nitrogen and oxygen atoms in total. The fourth-order valence-electron chi connectivity index (χ4n) is 2.33. The number of rotatable bonds is 3. The zero-order chi connectivity index (χ0) is 14.1. The van der Waals surface area contributed by atoms with Crippen LogP contribution in [0.3, 0.4) is 0 Å². The Labute approximate surface area is 118 Å². The number of nitrogens with zero attached hydrogens (tertiary/aromatic N) is 2. The minimum absolute atomic E-state index is 0.127. The fourth-order valence-corrected chi connectivity index (χ4v) is 2.33. The number of aromatic nitrogens is 2. The summed E-state index contributed by atoms with van der Waals surface area (Å²) in [4.78, 5) is 4.45. The van der Waals surface area contributed by atoms with E-state index in [9.17, 15) is 0 Å². The highest BCUT2D eigenvalue weighted by atomic mass is 16.5. The highest BCUT2D eigenvalue weighted by Gasteiger charge is 2.27. The lowest BCUT2D eigenvalue weighted by Crippen LogP contribution is -2.21. The van der Waals surface area contributed by atoms with Crippen molar-refractivity contribution in [3.63, 3.8) is 0 Å². The van der Waals surface area contributed by atoms with Crippen LogP contribution in [0.25, 0.3) is 0 Å². The molecule has 2 atom stereocenters. The smallest absolute Gasteiger partial charge is 0.243 e. The first-order valence-electron chi connectivity index (χ1n) is 6.95. The van der Waals surface area contributed by atoms with Gasteiger partial charge in [0, 0.05) is 0 Å². The topological polar surface area (TPSA) is 74.2 Å².